The summed E-state index contributed by atoms with van der Waals surface area (Å²) >= 11 is 0. The van der Waals surface area contributed by atoms with Gasteiger partial charge in [-0.1, -0.05) is 128 Å². The van der Waals surface area contributed by atoms with Gasteiger partial charge in [0.15, 0.2) is 0 Å². The Labute approximate surface area is 217 Å². The van der Waals surface area contributed by atoms with Gasteiger partial charge in [0.2, 0.25) is 0 Å². The Kier molecular flexibility index (Phi) is 8.63. The van der Waals surface area contributed by atoms with E-state index in [1.807, 2.05) is 24.3 Å². The molecule has 36 heavy (non-hydrogen) atoms. The third kappa shape index (κ3) is 5.73. The van der Waals surface area contributed by atoms with E-state index in [4.69, 9.17) is 9.47 Å². The minimum atomic E-state index is -2.32. The van der Waals surface area contributed by atoms with Crippen molar-refractivity contribution in [3.63, 3.8) is 0 Å². The molecule has 1 saturated heterocycles. The molecule has 3 aromatic carbocycles. The third-order valence-corrected chi connectivity index (χ3v) is 13.9. The number of benzene rings is 3. The fourth-order valence-electron chi connectivity index (χ4n) is 5.82. The molecule has 0 radical (unpaired) electrons. The molecule has 4 heteroatoms. The SMILES string of the molecule is C=CC[C@H]1O[C@H](C[Si](c2ccccc2)(c2ccccc2)C(C)(C)C)C[C@H](OCc2ccccc2)[C@@H]1O. The highest BCUT2D eigenvalue weighted by molar-refractivity contribution is 7.04. The summed E-state index contributed by atoms with van der Waals surface area (Å²) in [5.74, 6) is 0. The molecule has 0 aliphatic carbocycles. The zero-order valence-corrected chi connectivity index (χ0v) is 22.8. The molecule has 4 rings (SSSR count). The van der Waals surface area contributed by atoms with Crippen LogP contribution in [-0.4, -0.2) is 37.6 Å². The zero-order chi connectivity index (χ0) is 25.6. The van der Waals surface area contributed by atoms with Gasteiger partial charge >= 0.3 is 0 Å². The average molecular weight is 501 g/mol. The van der Waals surface area contributed by atoms with Crippen LogP contribution in [0.2, 0.25) is 11.1 Å². The van der Waals surface area contributed by atoms with Crippen molar-refractivity contribution in [3.8, 4) is 0 Å². The van der Waals surface area contributed by atoms with E-state index in [0.29, 0.717) is 19.4 Å². The van der Waals surface area contributed by atoms with Crippen LogP contribution in [0.1, 0.15) is 39.2 Å². The van der Waals surface area contributed by atoms with E-state index in [1.165, 1.54) is 10.4 Å². The first-order chi connectivity index (χ1) is 17.3. The van der Waals surface area contributed by atoms with E-state index in [2.05, 4.69) is 100 Å². The van der Waals surface area contributed by atoms with Crippen LogP contribution in [0.25, 0.3) is 0 Å². The highest BCUT2D eigenvalue weighted by Gasteiger charge is 2.51. The summed E-state index contributed by atoms with van der Waals surface area (Å²) in [6.45, 7) is 11.5. The van der Waals surface area contributed by atoms with Crippen LogP contribution in [0, 0.1) is 0 Å². The van der Waals surface area contributed by atoms with Crippen LogP contribution in [-0.2, 0) is 16.1 Å². The number of aliphatic hydroxyl groups excluding tert-OH is 1. The normalized spacial score (nSPS) is 22.8. The molecule has 190 valence electrons. The maximum absolute atomic E-state index is 11.2. The van der Waals surface area contributed by atoms with Crippen molar-refractivity contribution >= 4 is 18.4 Å². The van der Waals surface area contributed by atoms with Crippen molar-refractivity contribution in [3.05, 3.63) is 109 Å². The summed E-state index contributed by atoms with van der Waals surface area (Å²) in [4.78, 5) is 0. The van der Waals surface area contributed by atoms with Gasteiger partial charge in [-0.2, -0.15) is 0 Å². The van der Waals surface area contributed by atoms with Crippen LogP contribution < -0.4 is 10.4 Å². The highest BCUT2D eigenvalue weighted by Crippen LogP contribution is 2.42. The van der Waals surface area contributed by atoms with Crippen LogP contribution in [0.4, 0.5) is 0 Å². The summed E-state index contributed by atoms with van der Waals surface area (Å²) in [5.41, 5.74) is 1.11. The molecule has 3 nitrogen and oxygen atoms in total. The second-order valence-electron chi connectivity index (χ2n) is 11.0. The quantitative estimate of drug-likeness (QED) is 0.301. The van der Waals surface area contributed by atoms with Gasteiger partial charge in [-0.3, -0.25) is 0 Å². The van der Waals surface area contributed by atoms with Gasteiger partial charge in [-0.05, 0) is 23.1 Å². The van der Waals surface area contributed by atoms with Crippen molar-refractivity contribution in [2.75, 3.05) is 0 Å². The van der Waals surface area contributed by atoms with E-state index < -0.39 is 14.2 Å². The van der Waals surface area contributed by atoms with Crippen molar-refractivity contribution in [1.29, 1.82) is 0 Å². The predicted octanol–water partition coefficient (Wildman–Crippen LogP) is 5.73. The fraction of sp³-hybridized carbons (Fsp3) is 0.375. The lowest BCUT2D eigenvalue weighted by Crippen LogP contribution is -2.66. The Balaban J connectivity index is 1.69. The largest absolute Gasteiger partial charge is 0.388 e. The average Bonchev–Trinajstić information content (AvgIpc) is 2.89. The molecule has 1 aliphatic heterocycles. The molecular formula is C32H40O3Si. The molecule has 1 heterocycles. The molecule has 1 N–H and O–H groups in total. The van der Waals surface area contributed by atoms with Crippen molar-refractivity contribution in [1.82, 2.24) is 0 Å². The van der Waals surface area contributed by atoms with Gasteiger partial charge in [0.05, 0.1) is 24.9 Å². The van der Waals surface area contributed by atoms with E-state index in [9.17, 15) is 5.11 Å². The van der Waals surface area contributed by atoms with E-state index >= 15 is 0 Å². The molecule has 0 bridgehead atoms. The summed E-state index contributed by atoms with van der Waals surface area (Å²) in [6.07, 6.45) is 1.81. The Bertz CT molecular complexity index is 1040. The lowest BCUT2D eigenvalue weighted by molar-refractivity contribution is -0.181. The van der Waals surface area contributed by atoms with Crippen LogP contribution in [0.5, 0.6) is 0 Å². The Morgan fingerprint density at radius 2 is 1.44 bits per heavy atom. The first-order valence-electron chi connectivity index (χ1n) is 13.1. The van der Waals surface area contributed by atoms with Crippen molar-refractivity contribution in [2.24, 2.45) is 0 Å². The van der Waals surface area contributed by atoms with Gasteiger partial charge in [-0.25, -0.2) is 0 Å². The molecular weight excluding hydrogens is 460 g/mol. The third-order valence-electron chi connectivity index (χ3n) is 7.68. The minimum Gasteiger partial charge on any atom is -0.388 e. The standard InChI is InChI=1S/C32H40O3Si/c1-5-15-29-31(33)30(34-23-25-16-9-6-10-17-25)22-26(35-29)24-36(32(2,3)4,27-18-11-7-12-19-27)28-20-13-8-14-21-28/h5-14,16-21,26,29-31,33H,1,15,22-24H2,2-4H3/t26-,29+,30-,31+/m0/s1. The van der Waals surface area contributed by atoms with Crippen LogP contribution >= 0.6 is 0 Å². The monoisotopic (exact) mass is 500 g/mol. The maximum Gasteiger partial charge on any atom is 0.125 e. The minimum absolute atomic E-state index is 0.0228. The molecule has 0 unspecified atom stereocenters. The van der Waals surface area contributed by atoms with Crippen molar-refractivity contribution < 1.29 is 14.6 Å². The Hall–Kier alpha value is -2.50. The predicted molar refractivity (Wildman–Crippen MR) is 152 cm³/mol. The number of rotatable bonds is 9. The second kappa shape index (κ2) is 11.7. The molecule has 0 amide bonds. The first-order valence-corrected chi connectivity index (χ1v) is 15.3. The van der Waals surface area contributed by atoms with E-state index in [1.54, 1.807) is 0 Å². The Morgan fingerprint density at radius 3 is 1.94 bits per heavy atom. The zero-order valence-electron chi connectivity index (χ0n) is 21.8. The van der Waals surface area contributed by atoms with Crippen LogP contribution in [0.3, 0.4) is 0 Å². The van der Waals surface area contributed by atoms with Gasteiger partial charge in [0.25, 0.3) is 0 Å². The summed E-state index contributed by atoms with van der Waals surface area (Å²) in [5, 5.41) is 14.0. The fourth-order valence-corrected chi connectivity index (χ4v) is 11.4. The van der Waals surface area contributed by atoms with Gasteiger partial charge in [0, 0.05) is 6.42 Å². The summed E-state index contributed by atoms with van der Waals surface area (Å²) < 4.78 is 13.0. The number of hydrogen-bond donors (Lipinski definition) is 1. The molecule has 3 aromatic rings. The van der Waals surface area contributed by atoms with Gasteiger partial charge in [0.1, 0.15) is 14.2 Å². The molecule has 1 aliphatic rings. The molecule has 0 aromatic heterocycles. The Morgan fingerprint density at radius 1 is 0.917 bits per heavy atom. The van der Waals surface area contributed by atoms with Crippen molar-refractivity contribution in [2.45, 2.75) is 75.7 Å². The summed E-state index contributed by atoms with van der Waals surface area (Å²) in [6, 6.07) is 33.1. The van der Waals surface area contributed by atoms with E-state index in [0.717, 1.165) is 11.6 Å². The van der Waals surface area contributed by atoms with E-state index in [-0.39, 0.29) is 23.4 Å². The molecule has 0 spiro atoms. The number of ether oxygens (including phenoxy) is 2. The second-order valence-corrected chi connectivity index (χ2v) is 15.8. The highest BCUT2D eigenvalue weighted by atomic mass is 28.3. The summed E-state index contributed by atoms with van der Waals surface area (Å²) in [7, 11) is -2.32. The lowest BCUT2D eigenvalue weighted by Gasteiger charge is -2.48. The molecule has 4 atom stereocenters. The maximum atomic E-state index is 11.2. The van der Waals surface area contributed by atoms with Gasteiger partial charge in [-0.15, -0.1) is 6.58 Å². The molecule has 1 fully saturated rings. The lowest BCUT2D eigenvalue weighted by atomic mass is 9.96. The van der Waals surface area contributed by atoms with Gasteiger partial charge < -0.3 is 14.6 Å². The topological polar surface area (TPSA) is 38.7 Å². The first kappa shape index (κ1) is 26.6. The number of hydrogen-bond acceptors (Lipinski definition) is 3. The number of aliphatic hydroxyl groups is 1. The molecule has 0 saturated carbocycles. The van der Waals surface area contributed by atoms with Crippen LogP contribution in [0.15, 0.2) is 104 Å². The smallest absolute Gasteiger partial charge is 0.125 e.